The molecule has 1 aliphatic heterocycles. The second-order valence-electron chi connectivity index (χ2n) is 6.49. The highest BCUT2D eigenvalue weighted by Gasteiger charge is 2.25. The van der Waals surface area contributed by atoms with Crippen LogP contribution < -0.4 is 0 Å². The van der Waals surface area contributed by atoms with Crippen LogP contribution in [-0.2, 0) is 4.79 Å². The summed E-state index contributed by atoms with van der Waals surface area (Å²) in [5, 5.41) is 2.97. The molecule has 28 heavy (non-hydrogen) atoms. The Morgan fingerprint density at radius 3 is 2.71 bits per heavy atom. The van der Waals surface area contributed by atoms with Gasteiger partial charge in [-0.1, -0.05) is 29.4 Å². The van der Waals surface area contributed by atoms with Crippen LogP contribution in [0.25, 0.3) is 11.1 Å². The van der Waals surface area contributed by atoms with E-state index in [1.165, 1.54) is 23.1 Å². The molecule has 3 heterocycles. The lowest BCUT2D eigenvalue weighted by molar-refractivity contribution is -0.129. The molecule has 1 saturated heterocycles. The van der Waals surface area contributed by atoms with Crippen molar-refractivity contribution in [2.24, 2.45) is 0 Å². The van der Waals surface area contributed by atoms with Crippen LogP contribution in [0.5, 0.6) is 0 Å². The molecule has 0 saturated carbocycles. The Bertz CT molecular complexity index is 1010. The van der Waals surface area contributed by atoms with Crippen LogP contribution in [0, 0.1) is 6.92 Å². The molecule has 1 aliphatic rings. The molecule has 0 radical (unpaired) electrons. The van der Waals surface area contributed by atoms with E-state index in [9.17, 15) is 9.59 Å². The first-order chi connectivity index (χ1) is 13.5. The summed E-state index contributed by atoms with van der Waals surface area (Å²) in [6, 6.07) is 7.28. The molecule has 4 rings (SSSR count). The lowest BCUT2D eigenvalue weighted by Crippen LogP contribution is -2.51. The van der Waals surface area contributed by atoms with Crippen molar-refractivity contribution in [1.29, 1.82) is 0 Å². The number of thioether (sulfide) groups is 1. The summed E-state index contributed by atoms with van der Waals surface area (Å²) >= 11 is 8.77. The number of hydrogen-bond acceptors (Lipinski definition) is 6. The molecule has 2 aromatic heterocycles. The van der Waals surface area contributed by atoms with Crippen molar-refractivity contribution in [3.05, 3.63) is 45.1 Å². The molecule has 0 spiro atoms. The molecule has 0 N–H and O–H groups in total. The Morgan fingerprint density at radius 2 is 2.00 bits per heavy atom. The van der Waals surface area contributed by atoms with E-state index in [0.29, 0.717) is 47.5 Å². The van der Waals surface area contributed by atoms with Gasteiger partial charge in [0.05, 0.1) is 10.6 Å². The first kappa shape index (κ1) is 19.3. The molecule has 1 fully saturated rings. The predicted octanol–water partition coefficient (Wildman–Crippen LogP) is 3.93. The average Bonchev–Trinajstić information content (AvgIpc) is 3.35. The number of thiophene rings is 1. The van der Waals surface area contributed by atoms with Gasteiger partial charge in [-0.15, -0.1) is 11.3 Å². The van der Waals surface area contributed by atoms with Crippen LogP contribution in [0.3, 0.4) is 0 Å². The largest absolute Gasteiger partial charge is 0.431 e. The highest BCUT2D eigenvalue weighted by Crippen LogP contribution is 2.28. The Morgan fingerprint density at radius 1 is 1.25 bits per heavy atom. The number of carbonyl (C=O) groups excluding carboxylic acids is 2. The van der Waals surface area contributed by atoms with Crippen LogP contribution in [0.4, 0.5) is 0 Å². The minimum atomic E-state index is 0.0187. The second-order valence-corrected chi connectivity index (χ2v) is 8.80. The van der Waals surface area contributed by atoms with Crippen LogP contribution in [0.1, 0.15) is 15.2 Å². The summed E-state index contributed by atoms with van der Waals surface area (Å²) in [4.78, 5) is 33.6. The summed E-state index contributed by atoms with van der Waals surface area (Å²) in [6.45, 7) is 4.09. The van der Waals surface area contributed by atoms with E-state index in [4.69, 9.17) is 16.0 Å². The highest BCUT2D eigenvalue weighted by atomic mass is 35.5. The van der Waals surface area contributed by atoms with Gasteiger partial charge in [0.25, 0.3) is 11.1 Å². The van der Waals surface area contributed by atoms with E-state index in [1.807, 2.05) is 30.5 Å². The zero-order chi connectivity index (χ0) is 19.7. The van der Waals surface area contributed by atoms with Crippen molar-refractivity contribution < 1.29 is 14.0 Å². The number of fused-ring (bicyclic) bond motifs is 1. The first-order valence-corrected chi connectivity index (χ1v) is 11.1. The van der Waals surface area contributed by atoms with Gasteiger partial charge in [-0.2, -0.15) is 0 Å². The number of amides is 2. The molecule has 0 bridgehead atoms. The molecule has 2 amide bonds. The fourth-order valence-electron chi connectivity index (χ4n) is 3.13. The van der Waals surface area contributed by atoms with Gasteiger partial charge in [-0.05, 0) is 36.1 Å². The molecule has 6 nitrogen and oxygen atoms in total. The van der Waals surface area contributed by atoms with Crippen molar-refractivity contribution in [3.8, 4) is 0 Å². The van der Waals surface area contributed by atoms with Gasteiger partial charge >= 0.3 is 0 Å². The minimum Gasteiger partial charge on any atom is -0.431 e. The summed E-state index contributed by atoms with van der Waals surface area (Å²) in [5.74, 6) is 0.306. The zero-order valence-corrected chi connectivity index (χ0v) is 17.6. The van der Waals surface area contributed by atoms with Gasteiger partial charge in [-0.3, -0.25) is 9.59 Å². The van der Waals surface area contributed by atoms with Crippen molar-refractivity contribution in [3.63, 3.8) is 0 Å². The van der Waals surface area contributed by atoms with Gasteiger partial charge in [0.2, 0.25) is 5.91 Å². The molecule has 0 atom stereocenters. The zero-order valence-electron chi connectivity index (χ0n) is 15.2. The molecule has 146 valence electrons. The van der Waals surface area contributed by atoms with Gasteiger partial charge in [-0.25, -0.2) is 4.98 Å². The topological polar surface area (TPSA) is 66.7 Å². The SMILES string of the molecule is Cc1cc(Cl)cc2nc(SCC(=O)N3CCN(C(=O)c4cccs4)CC3)oc12. The smallest absolute Gasteiger partial charge is 0.264 e. The fourth-order valence-corrected chi connectivity index (χ4v) is 4.82. The Hall–Kier alpha value is -2.03. The summed E-state index contributed by atoms with van der Waals surface area (Å²) in [5.41, 5.74) is 2.31. The van der Waals surface area contributed by atoms with Crippen LogP contribution in [0.15, 0.2) is 39.3 Å². The standard InChI is InChI=1S/C19H18ClN3O3S2/c1-12-9-13(20)10-14-17(12)26-19(21-14)28-11-16(24)22-4-6-23(7-5-22)18(25)15-3-2-8-27-15/h2-3,8-10H,4-7,11H2,1H3. The quantitative estimate of drug-likeness (QED) is 0.581. The summed E-state index contributed by atoms with van der Waals surface area (Å²) in [6.07, 6.45) is 0. The van der Waals surface area contributed by atoms with Crippen LogP contribution >= 0.6 is 34.7 Å². The van der Waals surface area contributed by atoms with E-state index in [-0.39, 0.29) is 17.6 Å². The molecular formula is C19H18ClN3O3S2. The van der Waals surface area contributed by atoms with Gasteiger partial charge < -0.3 is 14.2 Å². The highest BCUT2D eigenvalue weighted by molar-refractivity contribution is 7.99. The van der Waals surface area contributed by atoms with Gasteiger partial charge in [0, 0.05) is 31.2 Å². The second kappa shape index (κ2) is 8.14. The van der Waals surface area contributed by atoms with Crippen LogP contribution in [-0.4, -0.2) is 58.5 Å². The molecular weight excluding hydrogens is 418 g/mol. The Balaban J connectivity index is 1.31. The Labute approximate surface area is 175 Å². The first-order valence-electron chi connectivity index (χ1n) is 8.81. The predicted molar refractivity (Wildman–Crippen MR) is 111 cm³/mol. The molecule has 3 aromatic rings. The number of aryl methyl sites for hydroxylation is 1. The maximum Gasteiger partial charge on any atom is 0.264 e. The number of hydrogen-bond donors (Lipinski definition) is 0. The maximum absolute atomic E-state index is 12.5. The number of halogens is 1. The van der Waals surface area contributed by atoms with Crippen molar-refractivity contribution in [1.82, 2.24) is 14.8 Å². The third-order valence-corrected chi connectivity index (χ3v) is 6.48. The lowest BCUT2D eigenvalue weighted by atomic mass is 10.2. The van der Waals surface area contributed by atoms with E-state index < -0.39 is 0 Å². The number of piperazine rings is 1. The molecule has 0 aliphatic carbocycles. The summed E-state index contributed by atoms with van der Waals surface area (Å²) < 4.78 is 5.75. The summed E-state index contributed by atoms with van der Waals surface area (Å²) in [7, 11) is 0. The van der Waals surface area contributed by atoms with E-state index >= 15 is 0 Å². The number of carbonyl (C=O) groups is 2. The number of rotatable bonds is 4. The molecule has 0 unspecified atom stereocenters. The van der Waals surface area contributed by atoms with Crippen LogP contribution in [0.2, 0.25) is 5.02 Å². The third kappa shape index (κ3) is 4.04. The van der Waals surface area contributed by atoms with Crippen molar-refractivity contribution >= 4 is 57.6 Å². The monoisotopic (exact) mass is 435 g/mol. The number of aromatic nitrogens is 1. The van der Waals surface area contributed by atoms with Crippen molar-refractivity contribution in [2.45, 2.75) is 12.1 Å². The third-order valence-electron chi connectivity index (χ3n) is 4.59. The lowest BCUT2D eigenvalue weighted by Gasteiger charge is -2.34. The number of benzene rings is 1. The normalized spacial score (nSPS) is 14.6. The van der Waals surface area contributed by atoms with E-state index in [0.717, 1.165) is 10.4 Å². The van der Waals surface area contributed by atoms with Gasteiger partial charge in [0.15, 0.2) is 5.58 Å². The van der Waals surface area contributed by atoms with Crippen molar-refractivity contribution in [2.75, 3.05) is 31.9 Å². The average molecular weight is 436 g/mol. The molecule has 1 aromatic carbocycles. The van der Waals surface area contributed by atoms with E-state index in [1.54, 1.807) is 15.9 Å². The Kier molecular flexibility index (Phi) is 5.61. The minimum absolute atomic E-state index is 0.0187. The fraction of sp³-hybridized carbons (Fsp3) is 0.316. The van der Waals surface area contributed by atoms with Gasteiger partial charge in [0.1, 0.15) is 5.52 Å². The van der Waals surface area contributed by atoms with E-state index in [2.05, 4.69) is 4.98 Å². The maximum atomic E-state index is 12.5. The molecule has 9 heteroatoms. The number of oxazole rings is 1. The number of nitrogens with zero attached hydrogens (tertiary/aromatic N) is 3.